The lowest BCUT2D eigenvalue weighted by atomic mass is 9.82. The Labute approximate surface area is 120 Å². The molecule has 0 fully saturated rings. The van der Waals surface area contributed by atoms with Crippen molar-refractivity contribution in [2.75, 3.05) is 0 Å². The molecular formula is C16H15F4N. The van der Waals surface area contributed by atoms with Crippen molar-refractivity contribution in [1.29, 1.82) is 0 Å². The van der Waals surface area contributed by atoms with Crippen LogP contribution in [0.3, 0.4) is 0 Å². The van der Waals surface area contributed by atoms with Crippen LogP contribution in [0.1, 0.15) is 29.2 Å². The van der Waals surface area contributed by atoms with E-state index < -0.39 is 23.1 Å². The van der Waals surface area contributed by atoms with E-state index in [1.165, 1.54) is 37.3 Å². The van der Waals surface area contributed by atoms with E-state index in [2.05, 4.69) is 0 Å². The number of aryl methyl sites for hydroxylation is 1. The minimum atomic E-state index is -4.51. The van der Waals surface area contributed by atoms with Crippen LogP contribution >= 0.6 is 0 Å². The van der Waals surface area contributed by atoms with Crippen LogP contribution in [0, 0.1) is 12.7 Å². The molecule has 5 heteroatoms. The summed E-state index contributed by atoms with van der Waals surface area (Å²) in [4.78, 5) is 0. The Morgan fingerprint density at radius 3 is 2.05 bits per heavy atom. The third-order valence-electron chi connectivity index (χ3n) is 3.56. The maximum Gasteiger partial charge on any atom is 0.416 e. The van der Waals surface area contributed by atoms with E-state index >= 15 is 0 Å². The quantitative estimate of drug-likeness (QED) is 0.818. The number of halogens is 4. The van der Waals surface area contributed by atoms with E-state index in [1.807, 2.05) is 0 Å². The Morgan fingerprint density at radius 2 is 1.52 bits per heavy atom. The molecule has 21 heavy (non-hydrogen) atoms. The average Bonchev–Trinajstić information content (AvgIpc) is 2.41. The van der Waals surface area contributed by atoms with Gasteiger partial charge in [-0.3, -0.25) is 0 Å². The minimum absolute atomic E-state index is 0.0826. The van der Waals surface area contributed by atoms with Gasteiger partial charge in [-0.05, 0) is 42.7 Å². The molecule has 2 aromatic carbocycles. The zero-order valence-corrected chi connectivity index (χ0v) is 11.6. The van der Waals surface area contributed by atoms with Crippen LogP contribution in [0.25, 0.3) is 0 Å². The van der Waals surface area contributed by atoms with E-state index in [-0.39, 0.29) is 5.56 Å². The second kappa shape index (κ2) is 5.15. The van der Waals surface area contributed by atoms with Crippen LogP contribution in [-0.2, 0) is 11.7 Å². The van der Waals surface area contributed by atoms with Crippen LogP contribution in [0.4, 0.5) is 17.6 Å². The summed E-state index contributed by atoms with van der Waals surface area (Å²) in [6.45, 7) is 3.03. The van der Waals surface area contributed by atoms with Gasteiger partial charge >= 0.3 is 6.18 Å². The molecule has 1 unspecified atom stereocenters. The monoisotopic (exact) mass is 297 g/mol. The van der Waals surface area contributed by atoms with Gasteiger partial charge < -0.3 is 5.73 Å². The summed E-state index contributed by atoms with van der Waals surface area (Å²) in [5.74, 6) is -0.492. The molecular weight excluding hydrogens is 282 g/mol. The summed E-state index contributed by atoms with van der Waals surface area (Å²) >= 11 is 0. The molecule has 0 aliphatic rings. The van der Waals surface area contributed by atoms with Gasteiger partial charge in [0.15, 0.2) is 0 Å². The first kappa shape index (κ1) is 15.5. The van der Waals surface area contributed by atoms with Gasteiger partial charge in [0.2, 0.25) is 0 Å². The maximum absolute atomic E-state index is 13.7. The molecule has 2 rings (SSSR count). The van der Waals surface area contributed by atoms with Crippen molar-refractivity contribution < 1.29 is 17.6 Å². The molecule has 0 heterocycles. The summed E-state index contributed by atoms with van der Waals surface area (Å²) in [5, 5.41) is 0. The molecule has 0 saturated carbocycles. The second-order valence-corrected chi connectivity index (χ2v) is 5.21. The third kappa shape index (κ3) is 2.93. The van der Waals surface area contributed by atoms with Gasteiger partial charge in [-0.2, -0.15) is 13.2 Å². The van der Waals surface area contributed by atoms with Crippen LogP contribution in [-0.4, -0.2) is 0 Å². The highest BCUT2D eigenvalue weighted by Crippen LogP contribution is 2.38. The second-order valence-electron chi connectivity index (χ2n) is 5.21. The van der Waals surface area contributed by atoms with Crippen molar-refractivity contribution >= 4 is 0 Å². The van der Waals surface area contributed by atoms with Gasteiger partial charge in [0.05, 0.1) is 11.1 Å². The Morgan fingerprint density at radius 1 is 0.952 bits per heavy atom. The van der Waals surface area contributed by atoms with Gasteiger partial charge in [-0.25, -0.2) is 4.39 Å². The molecule has 0 aliphatic carbocycles. The molecule has 0 aromatic heterocycles. The number of hydrogen-bond acceptors (Lipinski definition) is 1. The van der Waals surface area contributed by atoms with Crippen molar-refractivity contribution in [2.24, 2.45) is 5.73 Å². The summed E-state index contributed by atoms with van der Waals surface area (Å²) in [6, 6.07) is 9.32. The van der Waals surface area contributed by atoms with E-state index in [4.69, 9.17) is 5.73 Å². The summed E-state index contributed by atoms with van der Waals surface area (Å²) in [7, 11) is 0. The van der Waals surface area contributed by atoms with Crippen molar-refractivity contribution in [3.8, 4) is 0 Å². The van der Waals surface area contributed by atoms with Gasteiger partial charge in [-0.1, -0.05) is 30.3 Å². The smallest absolute Gasteiger partial charge is 0.318 e. The lowest BCUT2D eigenvalue weighted by molar-refractivity contribution is -0.138. The first-order valence-corrected chi connectivity index (χ1v) is 6.36. The number of nitrogens with two attached hydrogens (primary N) is 1. The SMILES string of the molecule is Cc1ccc(C(C)(N)c2ccccc2C(F)(F)F)cc1F. The predicted octanol–water partition coefficient (Wildman–Crippen LogP) is 4.38. The lowest BCUT2D eigenvalue weighted by Gasteiger charge is -2.29. The molecule has 1 atom stereocenters. The van der Waals surface area contributed by atoms with E-state index in [1.54, 1.807) is 13.0 Å². The molecule has 2 N–H and O–H groups in total. The number of alkyl halides is 3. The minimum Gasteiger partial charge on any atom is -0.318 e. The summed E-state index contributed by atoms with van der Waals surface area (Å²) in [6.07, 6.45) is -4.51. The zero-order chi connectivity index (χ0) is 15.8. The third-order valence-corrected chi connectivity index (χ3v) is 3.56. The van der Waals surface area contributed by atoms with Crippen LogP contribution in [0.2, 0.25) is 0 Å². The Bertz CT molecular complexity index is 660. The molecule has 1 nitrogen and oxygen atoms in total. The Kier molecular flexibility index (Phi) is 3.80. The molecule has 0 aliphatic heterocycles. The van der Waals surface area contributed by atoms with Crippen molar-refractivity contribution in [3.05, 3.63) is 70.5 Å². The molecule has 0 spiro atoms. The van der Waals surface area contributed by atoms with E-state index in [0.29, 0.717) is 11.1 Å². The number of benzene rings is 2. The molecule has 2 aromatic rings. The zero-order valence-electron chi connectivity index (χ0n) is 11.6. The normalized spacial score (nSPS) is 14.8. The van der Waals surface area contributed by atoms with Gasteiger partial charge in [0, 0.05) is 0 Å². The van der Waals surface area contributed by atoms with Gasteiger partial charge in [0.25, 0.3) is 0 Å². The van der Waals surface area contributed by atoms with Crippen molar-refractivity contribution in [3.63, 3.8) is 0 Å². The molecule has 0 amide bonds. The number of rotatable bonds is 2. The molecule has 0 radical (unpaired) electrons. The fraction of sp³-hybridized carbons (Fsp3) is 0.250. The van der Waals surface area contributed by atoms with E-state index in [9.17, 15) is 17.6 Å². The fourth-order valence-corrected chi connectivity index (χ4v) is 2.25. The maximum atomic E-state index is 13.7. The first-order chi connectivity index (χ1) is 9.64. The number of hydrogen-bond donors (Lipinski definition) is 1. The highest BCUT2D eigenvalue weighted by atomic mass is 19.4. The van der Waals surface area contributed by atoms with Crippen LogP contribution in [0.15, 0.2) is 42.5 Å². The standard InChI is InChI=1S/C16H15F4N/c1-10-7-8-11(9-14(10)17)15(2,21)12-5-3-4-6-13(12)16(18,19)20/h3-9H,21H2,1-2H3. The van der Waals surface area contributed by atoms with Crippen LogP contribution in [0.5, 0.6) is 0 Å². The van der Waals surface area contributed by atoms with Gasteiger partial charge in [0.1, 0.15) is 5.82 Å². The Hall–Kier alpha value is -1.88. The first-order valence-electron chi connectivity index (χ1n) is 6.36. The van der Waals surface area contributed by atoms with Crippen molar-refractivity contribution in [2.45, 2.75) is 25.6 Å². The topological polar surface area (TPSA) is 26.0 Å². The fourth-order valence-electron chi connectivity index (χ4n) is 2.25. The predicted molar refractivity (Wildman–Crippen MR) is 73.2 cm³/mol. The molecule has 112 valence electrons. The highest BCUT2D eigenvalue weighted by molar-refractivity contribution is 5.43. The Balaban J connectivity index is 2.61. The molecule has 0 bridgehead atoms. The van der Waals surface area contributed by atoms with Crippen molar-refractivity contribution in [1.82, 2.24) is 0 Å². The van der Waals surface area contributed by atoms with E-state index in [0.717, 1.165) is 6.07 Å². The lowest BCUT2D eigenvalue weighted by Crippen LogP contribution is -2.36. The van der Waals surface area contributed by atoms with Gasteiger partial charge in [-0.15, -0.1) is 0 Å². The summed E-state index contributed by atoms with van der Waals surface area (Å²) < 4.78 is 53.0. The molecule has 0 saturated heterocycles. The largest absolute Gasteiger partial charge is 0.416 e. The average molecular weight is 297 g/mol. The van der Waals surface area contributed by atoms with Crippen LogP contribution < -0.4 is 5.73 Å². The highest BCUT2D eigenvalue weighted by Gasteiger charge is 2.38. The summed E-state index contributed by atoms with van der Waals surface area (Å²) in [5.41, 5.74) is 4.48.